The van der Waals surface area contributed by atoms with Crippen molar-refractivity contribution in [2.45, 2.75) is 13.0 Å². The lowest BCUT2D eigenvalue weighted by molar-refractivity contribution is 0.0688. The van der Waals surface area contributed by atoms with Crippen LogP contribution in [0.2, 0.25) is 0 Å². The van der Waals surface area contributed by atoms with E-state index >= 15 is 0 Å². The number of alkyl halides is 1. The van der Waals surface area contributed by atoms with Gasteiger partial charge in [-0.1, -0.05) is 0 Å². The number of carbonyl (C=O) groups excluding carboxylic acids is 1. The van der Waals surface area contributed by atoms with Crippen molar-refractivity contribution < 1.29 is 19.4 Å². The highest BCUT2D eigenvalue weighted by atomic mass is 35.5. The molecule has 2 heterocycles. The molecular formula is C11H14ClN3O4. The molecule has 0 aromatic carbocycles. The van der Waals surface area contributed by atoms with Gasteiger partial charge in [-0.2, -0.15) is 5.10 Å². The molecule has 0 aliphatic carbocycles. The minimum absolute atomic E-state index is 0.0614. The van der Waals surface area contributed by atoms with Crippen LogP contribution in [0.3, 0.4) is 0 Å². The molecule has 0 saturated heterocycles. The van der Waals surface area contributed by atoms with E-state index in [0.717, 1.165) is 5.69 Å². The molecule has 104 valence electrons. The molecule has 1 amide bonds. The maximum atomic E-state index is 11.7. The Morgan fingerprint density at radius 1 is 1.53 bits per heavy atom. The molecule has 0 radical (unpaired) electrons. The number of carboxylic acid groups (broad SMARTS) is 1. The van der Waals surface area contributed by atoms with Crippen LogP contribution in [0.25, 0.3) is 0 Å². The van der Waals surface area contributed by atoms with Gasteiger partial charge >= 0.3 is 12.1 Å². The van der Waals surface area contributed by atoms with Crippen molar-refractivity contribution in [3.63, 3.8) is 0 Å². The first-order chi connectivity index (χ1) is 9.04. The summed E-state index contributed by atoms with van der Waals surface area (Å²) in [7, 11) is 1.67. The third kappa shape index (κ3) is 2.65. The van der Waals surface area contributed by atoms with Crippen molar-refractivity contribution in [3.05, 3.63) is 17.0 Å². The first-order valence-electron chi connectivity index (χ1n) is 5.80. The Labute approximate surface area is 114 Å². The van der Waals surface area contributed by atoms with E-state index in [2.05, 4.69) is 5.10 Å². The Balaban J connectivity index is 2.16. The second kappa shape index (κ2) is 5.48. The van der Waals surface area contributed by atoms with Crippen LogP contribution in [0.5, 0.6) is 0 Å². The van der Waals surface area contributed by atoms with E-state index in [1.54, 1.807) is 7.05 Å². The summed E-state index contributed by atoms with van der Waals surface area (Å²) in [6, 6.07) is 0. The van der Waals surface area contributed by atoms with Crippen molar-refractivity contribution in [2.75, 3.05) is 19.0 Å². The van der Waals surface area contributed by atoms with Crippen LogP contribution in [0.15, 0.2) is 0 Å². The summed E-state index contributed by atoms with van der Waals surface area (Å²) in [5, 5.41) is 13.0. The molecule has 1 aliphatic heterocycles. The zero-order valence-corrected chi connectivity index (χ0v) is 11.2. The summed E-state index contributed by atoms with van der Waals surface area (Å²) in [5.74, 6) is -0.797. The predicted octanol–water partition coefficient (Wildman–Crippen LogP) is 0.852. The van der Waals surface area contributed by atoms with Crippen LogP contribution in [0.4, 0.5) is 4.79 Å². The van der Waals surface area contributed by atoms with Gasteiger partial charge in [0.1, 0.15) is 6.61 Å². The van der Waals surface area contributed by atoms with Crippen molar-refractivity contribution in [1.82, 2.24) is 14.7 Å². The number of carbonyl (C=O) groups is 2. The first-order valence-corrected chi connectivity index (χ1v) is 6.33. The number of amides is 1. The van der Waals surface area contributed by atoms with Crippen LogP contribution < -0.4 is 0 Å². The lowest BCUT2D eigenvalue weighted by Crippen LogP contribution is -2.37. The summed E-state index contributed by atoms with van der Waals surface area (Å²) < 4.78 is 6.45. The maximum absolute atomic E-state index is 11.7. The SMILES string of the molecule is Cn1nc(C(=O)O)c2c1CN(C(=O)OCCCl)CC2. The fourth-order valence-electron chi connectivity index (χ4n) is 2.11. The van der Waals surface area contributed by atoms with Gasteiger partial charge < -0.3 is 14.7 Å². The number of ether oxygens (including phenoxy) is 1. The van der Waals surface area contributed by atoms with E-state index in [-0.39, 0.29) is 18.2 Å². The summed E-state index contributed by atoms with van der Waals surface area (Å²) in [4.78, 5) is 24.3. The quantitative estimate of drug-likeness (QED) is 0.833. The number of rotatable bonds is 3. The zero-order chi connectivity index (χ0) is 14.0. The molecule has 7 nitrogen and oxygen atoms in total. The van der Waals surface area contributed by atoms with Crippen LogP contribution in [-0.4, -0.2) is 50.9 Å². The predicted molar refractivity (Wildman–Crippen MR) is 66.3 cm³/mol. The number of carboxylic acids is 1. The molecule has 8 heteroatoms. The number of fused-ring (bicyclic) bond motifs is 1. The van der Waals surface area contributed by atoms with E-state index < -0.39 is 12.1 Å². The number of nitrogens with zero attached hydrogens (tertiary/aromatic N) is 3. The third-order valence-corrected chi connectivity index (χ3v) is 3.16. The lowest BCUT2D eigenvalue weighted by atomic mass is 10.0. The molecule has 1 aromatic rings. The molecule has 19 heavy (non-hydrogen) atoms. The highest BCUT2D eigenvalue weighted by Crippen LogP contribution is 2.22. The van der Waals surface area contributed by atoms with Crippen molar-refractivity contribution >= 4 is 23.7 Å². The second-order valence-corrected chi connectivity index (χ2v) is 4.56. The first kappa shape index (κ1) is 13.7. The number of aryl methyl sites for hydroxylation is 1. The van der Waals surface area contributed by atoms with Gasteiger partial charge in [-0.05, 0) is 6.42 Å². The summed E-state index contributed by atoms with van der Waals surface area (Å²) >= 11 is 5.45. The lowest BCUT2D eigenvalue weighted by Gasteiger charge is -2.26. The van der Waals surface area contributed by atoms with E-state index in [9.17, 15) is 9.59 Å². The van der Waals surface area contributed by atoms with Gasteiger partial charge in [0.15, 0.2) is 5.69 Å². The van der Waals surface area contributed by atoms with Gasteiger partial charge in [0.05, 0.1) is 18.1 Å². The smallest absolute Gasteiger partial charge is 0.410 e. The molecule has 1 aliphatic rings. The fourth-order valence-corrected chi connectivity index (χ4v) is 2.19. The Bertz CT molecular complexity index is 514. The highest BCUT2D eigenvalue weighted by Gasteiger charge is 2.29. The van der Waals surface area contributed by atoms with Crippen LogP contribution in [-0.2, 0) is 24.8 Å². The summed E-state index contributed by atoms with van der Waals surface area (Å²) in [6.07, 6.45) is 0.0187. The number of hydrogen-bond donors (Lipinski definition) is 1. The van der Waals surface area contributed by atoms with Crippen LogP contribution in [0, 0.1) is 0 Å². The van der Waals surface area contributed by atoms with Gasteiger partial charge in [0.25, 0.3) is 0 Å². The maximum Gasteiger partial charge on any atom is 0.410 e. The molecule has 0 unspecified atom stereocenters. The average Bonchev–Trinajstić information content (AvgIpc) is 2.73. The monoisotopic (exact) mass is 287 g/mol. The molecular weight excluding hydrogens is 274 g/mol. The summed E-state index contributed by atoms with van der Waals surface area (Å²) in [5.41, 5.74) is 1.48. The normalized spacial score (nSPS) is 14.1. The van der Waals surface area contributed by atoms with E-state index in [4.69, 9.17) is 21.4 Å². The van der Waals surface area contributed by atoms with Crippen LogP contribution in [0.1, 0.15) is 21.7 Å². The Morgan fingerprint density at radius 2 is 2.26 bits per heavy atom. The van der Waals surface area contributed by atoms with Crippen molar-refractivity contribution in [2.24, 2.45) is 7.05 Å². The standard InChI is InChI=1S/C11H14ClN3O4/c1-14-8-6-15(11(18)19-5-3-12)4-2-7(8)9(13-14)10(16)17/h2-6H2,1H3,(H,16,17). The van der Waals surface area contributed by atoms with Gasteiger partial charge in [0.2, 0.25) is 0 Å². The minimum Gasteiger partial charge on any atom is -0.476 e. The van der Waals surface area contributed by atoms with E-state index in [1.165, 1.54) is 9.58 Å². The van der Waals surface area contributed by atoms with Crippen molar-refractivity contribution in [3.8, 4) is 0 Å². The van der Waals surface area contributed by atoms with Gasteiger partial charge in [-0.15, -0.1) is 11.6 Å². The van der Waals surface area contributed by atoms with Gasteiger partial charge in [-0.3, -0.25) is 4.68 Å². The number of hydrogen-bond acceptors (Lipinski definition) is 4. The number of aromatic carboxylic acids is 1. The van der Waals surface area contributed by atoms with Gasteiger partial charge in [-0.25, -0.2) is 9.59 Å². The molecule has 0 bridgehead atoms. The van der Waals surface area contributed by atoms with E-state index in [0.29, 0.717) is 25.1 Å². The Kier molecular flexibility index (Phi) is 3.94. The molecule has 1 N–H and O–H groups in total. The van der Waals surface area contributed by atoms with Crippen LogP contribution >= 0.6 is 11.6 Å². The molecule has 0 atom stereocenters. The highest BCUT2D eigenvalue weighted by molar-refractivity contribution is 6.18. The van der Waals surface area contributed by atoms with E-state index in [1.807, 2.05) is 0 Å². The molecule has 0 spiro atoms. The minimum atomic E-state index is -1.05. The topological polar surface area (TPSA) is 84.7 Å². The fraction of sp³-hybridized carbons (Fsp3) is 0.545. The number of aromatic nitrogens is 2. The van der Waals surface area contributed by atoms with Gasteiger partial charge in [0, 0.05) is 19.2 Å². The molecule has 2 rings (SSSR count). The average molecular weight is 288 g/mol. The summed E-state index contributed by atoms with van der Waals surface area (Å²) in [6.45, 7) is 0.878. The Hall–Kier alpha value is -1.76. The second-order valence-electron chi connectivity index (χ2n) is 4.18. The Morgan fingerprint density at radius 3 is 2.89 bits per heavy atom. The number of halogens is 1. The molecule has 0 fully saturated rings. The molecule has 1 aromatic heterocycles. The van der Waals surface area contributed by atoms with Crippen molar-refractivity contribution in [1.29, 1.82) is 0 Å². The molecule has 0 saturated carbocycles. The largest absolute Gasteiger partial charge is 0.476 e. The third-order valence-electron chi connectivity index (χ3n) is 3.01. The zero-order valence-electron chi connectivity index (χ0n) is 10.4.